The third kappa shape index (κ3) is 3.85. The number of hydrogen-bond acceptors (Lipinski definition) is 5. The molecule has 0 bridgehead atoms. The van der Waals surface area contributed by atoms with E-state index >= 15 is 0 Å². The summed E-state index contributed by atoms with van der Waals surface area (Å²) >= 11 is 8.16. The van der Waals surface area contributed by atoms with Crippen LogP contribution in [-0.2, 0) is 11.3 Å². The highest BCUT2D eigenvalue weighted by Gasteiger charge is 2.10. The topological polar surface area (TPSA) is 64.9 Å². The van der Waals surface area contributed by atoms with E-state index in [1.807, 2.05) is 18.2 Å². The maximum absolute atomic E-state index is 5.94. The van der Waals surface area contributed by atoms with E-state index in [1.165, 1.54) is 0 Å². The first-order chi connectivity index (χ1) is 9.22. The molecule has 1 heterocycles. The average molecular weight is 394 g/mol. The van der Waals surface area contributed by atoms with Gasteiger partial charge in [-0.15, -0.1) is 5.10 Å². The van der Waals surface area contributed by atoms with E-state index in [0.717, 1.165) is 21.6 Å². The molecule has 2 aromatic rings. The number of halogens is 2. The molecule has 0 fully saturated rings. The molecule has 0 unspecified atom stereocenters. The Morgan fingerprint density at radius 3 is 3.05 bits per heavy atom. The van der Waals surface area contributed by atoms with E-state index in [0.29, 0.717) is 18.2 Å². The number of rotatable bonds is 6. The molecule has 0 radical (unpaired) electrons. The van der Waals surface area contributed by atoms with Gasteiger partial charge in [0.1, 0.15) is 0 Å². The lowest BCUT2D eigenvalue weighted by molar-refractivity contribution is 0.199. The second kappa shape index (κ2) is 7.13. The van der Waals surface area contributed by atoms with Crippen molar-refractivity contribution in [3.05, 3.63) is 32.6 Å². The normalized spacial score (nSPS) is 10.9. The number of benzene rings is 1. The van der Waals surface area contributed by atoms with Crippen molar-refractivity contribution in [3.63, 3.8) is 0 Å². The predicted molar refractivity (Wildman–Crippen MR) is 80.5 cm³/mol. The van der Waals surface area contributed by atoms with E-state index in [-0.39, 0.29) is 0 Å². The van der Waals surface area contributed by atoms with Crippen LogP contribution < -0.4 is 5.32 Å². The Balaban J connectivity index is 2.14. The van der Waals surface area contributed by atoms with Crippen molar-refractivity contribution in [2.45, 2.75) is 6.54 Å². The number of methoxy groups -OCH3 is 1. The van der Waals surface area contributed by atoms with Crippen LogP contribution in [-0.4, -0.2) is 40.5 Å². The molecule has 0 atom stereocenters. The Bertz CT molecular complexity index is 548. The summed E-state index contributed by atoms with van der Waals surface area (Å²) in [5.74, 6) is 0.747. The first-order valence-corrected chi connectivity index (χ1v) is 7.10. The molecule has 0 aliphatic rings. The molecule has 102 valence electrons. The van der Waals surface area contributed by atoms with Crippen LogP contribution in [0.25, 0.3) is 5.69 Å². The summed E-state index contributed by atoms with van der Waals surface area (Å²) in [6.07, 6.45) is 0. The summed E-state index contributed by atoms with van der Waals surface area (Å²) in [6.45, 7) is 1.98. The van der Waals surface area contributed by atoms with Crippen LogP contribution in [0.2, 0.25) is 5.02 Å². The molecule has 1 N–H and O–H groups in total. The molecule has 0 amide bonds. The fourth-order valence-corrected chi connectivity index (χ4v) is 2.63. The maximum Gasteiger partial charge on any atom is 0.170 e. The maximum atomic E-state index is 5.94. The van der Waals surface area contributed by atoms with Crippen LogP contribution in [0.1, 0.15) is 5.82 Å². The molecule has 0 spiro atoms. The molecule has 2 rings (SSSR count). The third-order valence-corrected chi connectivity index (χ3v) is 3.54. The van der Waals surface area contributed by atoms with Gasteiger partial charge >= 0.3 is 0 Å². The van der Waals surface area contributed by atoms with Crippen molar-refractivity contribution in [3.8, 4) is 5.69 Å². The van der Waals surface area contributed by atoms with Gasteiger partial charge in [0.2, 0.25) is 0 Å². The largest absolute Gasteiger partial charge is 0.383 e. The molecule has 0 aliphatic heterocycles. The van der Waals surface area contributed by atoms with Crippen molar-refractivity contribution in [2.75, 3.05) is 20.3 Å². The fraction of sp³-hybridized carbons (Fsp3) is 0.364. The second-order valence-corrected chi connectivity index (χ2v) is 5.37. The molecule has 6 nitrogen and oxygen atoms in total. The van der Waals surface area contributed by atoms with Crippen LogP contribution >= 0.6 is 34.2 Å². The van der Waals surface area contributed by atoms with Gasteiger partial charge in [-0.1, -0.05) is 11.6 Å². The zero-order valence-corrected chi connectivity index (χ0v) is 13.2. The number of nitrogens with zero attached hydrogens (tertiary/aromatic N) is 4. The molecule has 8 heteroatoms. The predicted octanol–water partition coefficient (Wildman–Crippen LogP) is 1.66. The van der Waals surface area contributed by atoms with E-state index in [2.05, 4.69) is 43.4 Å². The molecule has 1 aromatic carbocycles. The zero-order chi connectivity index (χ0) is 13.7. The van der Waals surface area contributed by atoms with Gasteiger partial charge in [0.25, 0.3) is 0 Å². The first kappa shape index (κ1) is 14.6. The smallest absolute Gasteiger partial charge is 0.170 e. The quantitative estimate of drug-likeness (QED) is 0.597. The molecule has 19 heavy (non-hydrogen) atoms. The van der Waals surface area contributed by atoms with Gasteiger partial charge in [-0.3, -0.25) is 0 Å². The molecular weight excluding hydrogens is 381 g/mol. The second-order valence-electron chi connectivity index (χ2n) is 3.77. The summed E-state index contributed by atoms with van der Waals surface area (Å²) in [6, 6.07) is 5.60. The number of hydrogen-bond donors (Lipinski definition) is 1. The molecule has 0 saturated carbocycles. The van der Waals surface area contributed by atoms with Gasteiger partial charge in [0.15, 0.2) is 5.82 Å². The highest BCUT2D eigenvalue weighted by molar-refractivity contribution is 14.1. The van der Waals surface area contributed by atoms with E-state index < -0.39 is 0 Å². The first-order valence-electron chi connectivity index (χ1n) is 5.64. The standard InChI is InChI=1S/C11H13ClIN5O/c1-19-5-4-14-7-11-15-16-17-18(11)10-3-2-8(12)6-9(10)13/h2-3,6,14H,4-5,7H2,1H3. The molecular formula is C11H13ClIN5O. The Morgan fingerprint density at radius 1 is 1.47 bits per heavy atom. The van der Waals surface area contributed by atoms with Crippen molar-refractivity contribution in [2.24, 2.45) is 0 Å². The number of tetrazole rings is 1. The van der Waals surface area contributed by atoms with Gasteiger partial charge < -0.3 is 10.1 Å². The van der Waals surface area contributed by atoms with Gasteiger partial charge in [0.05, 0.1) is 18.8 Å². The summed E-state index contributed by atoms with van der Waals surface area (Å²) in [7, 11) is 1.67. The molecule has 0 saturated heterocycles. The Kier molecular flexibility index (Phi) is 5.49. The summed E-state index contributed by atoms with van der Waals surface area (Å²) < 4.78 is 7.67. The van der Waals surface area contributed by atoms with Crippen LogP contribution in [0.4, 0.5) is 0 Å². The lowest BCUT2D eigenvalue weighted by atomic mass is 10.3. The Morgan fingerprint density at radius 2 is 2.32 bits per heavy atom. The third-order valence-electron chi connectivity index (χ3n) is 2.44. The number of nitrogens with one attached hydrogen (secondary N) is 1. The van der Waals surface area contributed by atoms with Gasteiger partial charge in [-0.2, -0.15) is 4.68 Å². The van der Waals surface area contributed by atoms with Crippen molar-refractivity contribution in [1.82, 2.24) is 25.5 Å². The lowest BCUT2D eigenvalue weighted by Crippen LogP contribution is -2.21. The Hall–Kier alpha value is -0.770. The van der Waals surface area contributed by atoms with Crippen LogP contribution in [0.15, 0.2) is 18.2 Å². The lowest BCUT2D eigenvalue weighted by Gasteiger charge is -2.08. The summed E-state index contributed by atoms with van der Waals surface area (Å²) in [5.41, 5.74) is 0.915. The van der Waals surface area contributed by atoms with Crippen LogP contribution in [0, 0.1) is 3.57 Å². The van der Waals surface area contributed by atoms with E-state index in [4.69, 9.17) is 16.3 Å². The van der Waals surface area contributed by atoms with Gasteiger partial charge in [-0.25, -0.2) is 0 Å². The highest BCUT2D eigenvalue weighted by Crippen LogP contribution is 2.21. The zero-order valence-electron chi connectivity index (χ0n) is 10.3. The molecule has 0 aliphatic carbocycles. The van der Waals surface area contributed by atoms with Crippen molar-refractivity contribution in [1.29, 1.82) is 0 Å². The highest BCUT2D eigenvalue weighted by atomic mass is 127. The number of ether oxygens (including phenoxy) is 1. The van der Waals surface area contributed by atoms with Crippen molar-refractivity contribution >= 4 is 34.2 Å². The summed E-state index contributed by atoms with van der Waals surface area (Å²) in [4.78, 5) is 0. The minimum Gasteiger partial charge on any atom is -0.383 e. The summed E-state index contributed by atoms with van der Waals surface area (Å²) in [5, 5.41) is 15.7. The monoisotopic (exact) mass is 393 g/mol. The van der Waals surface area contributed by atoms with Gasteiger partial charge in [-0.05, 0) is 51.2 Å². The SMILES string of the molecule is COCCNCc1nnnn1-c1ccc(Cl)cc1I. The van der Waals surface area contributed by atoms with Crippen molar-refractivity contribution < 1.29 is 4.74 Å². The minimum atomic E-state index is 0.578. The van der Waals surface area contributed by atoms with E-state index in [9.17, 15) is 0 Å². The average Bonchev–Trinajstić information content (AvgIpc) is 2.83. The van der Waals surface area contributed by atoms with E-state index in [1.54, 1.807) is 11.8 Å². The Labute approximate surface area is 129 Å². The number of aromatic nitrogens is 4. The molecule has 1 aromatic heterocycles. The van der Waals surface area contributed by atoms with Gasteiger partial charge in [0, 0.05) is 22.2 Å². The fourth-order valence-electron chi connectivity index (χ4n) is 1.53. The van der Waals surface area contributed by atoms with Crippen LogP contribution in [0.3, 0.4) is 0 Å². The minimum absolute atomic E-state index is 0.578. The van der Waals surface area contributed by atoms with Crippen LogP contribution in [0.5, 0.6) is 0 Å².